The van der Waals surface area contributed by atoms with Crippen LogP contribution in [0.2, 0.25) is 0 Å². The number of nitriles is 1. The fourth-order valence-corrected chi connectivity index (χ4v) is 4.14. The van der Waals surface area contributed by atoms with Gasteiger partial charge in [0.05, 0.1) is 42.4 Å². The molecule has 0 spiro atoms. The molecule has 0 saturated carbocycles. The predicted octanol–water partition coefficient (Wildman–Crippen LogP) is 4.78. The summed E-state index contributed by atoms with van der Waals surface area (Å²) in [7, 11) is 1.61. The van der Waals surface area contributed by atoms with Crippen LogP contribution in [0.5, 0.6) is 5.75 Å². The third kappa shape index (κ3) is 4.30. The Bertz CT molecular complexity index is 939. The van der Waals surface area contributed by atoms with Crippen LogP contribution in [0.25, 0.3) is 0 Å². The van der Waals surface area contributed by atoms with E-state index >= 15 is 0 Å². The standard InChI is InChI=1S/C22H25F3N4O/c1-4-29(17-8-7-16(11-26)19(10-17)22(23,24)25)18-6-5-9-28(14-18)20-12-27-13-21(30-3)15(20)2/h7-8,10,12-13,18H,4-6,9,14H2,1-3H3/t18-/m1/s1. The van der Waals surface area contributed by atoms with Crippen molar-refractivity contribution in [1.29, 1.82) is 5.26 Å². The summed E-state index contributed by atoms with van der Waals surface area (Å²) in [6.45, 7) is 6.00. The van der Waals surface area contributed by atoms with Crippen molar-refractivity contribution >= 4 is 11.4 Å². The highest BCUT2D eigenvalue weighted by atomic mass is 19.4. The summed E-state index contributed by atoms with van der Waals surface area (Å²) in [6, 6.07) is 5.65. The van der Waals surface area contributed by atoms with Crippen LogP contribution >= 0.6 is 0 Å². The maximum Gasteiger partial charge on any atom is 0.417 e. The zero-order chi connectivity index (χ0) is 21.9. The van der Waals surface area contributed by atoms with Crippen molar-refractivity contribution in [2.24, 2.45) is 0 Å². The Morgan fingerprint density at radius 1 is 1.33 bits per heavy atom. The Kier molecular flexibility index (Phi) is 6.40. The van der Waals surface area contributed by atoms with Crippen molar-refractivity contribution in [3.8, 4) is 11.8 Å². The van der Waals surface area contributed by atoms with E-state index in [0.717, 1.165) is 36.7 Å². The number of benzene rings is 1. The molecule has 0 radical (unpaired) electrons. The summed E-state index contributed by atoms with van der Waals surface area (Å²) >= 11 is 0. The van der Waals surface area contributed by atoms with Crippen molar-refractivity contribution < 1.29 is 17.9 Å². The zero-order valence-electron chi connectivity index (χ0n) is 17.3. The summed E-state index contributed by atoms with van der Waals surface area (Å²) in [5.74, 6) is 0.712. The van der Waals surface area contributed by atoms with Crippen molar-refractivity contribution in [2.45, 2.75) is 38.9 Å². The summed E-state index contributed by atoms with van der Waals surface area (Å²) in [4.78, 5) is 8.47. The Hall–Kier alpha value is -2.95. The van der Waals surface area contributed by atoms with Crippen LogP contribution in [0.1, 0.15) is 36.5 Å². The van der Waals surface area contributed by atoms with Gasteiger partial charge in [-0.25, -0.2) is 0 Å². The smallest absolute Gasteiger partial charge is 0.417 e. The maximum absolute atomic E-state index is 13.4. The first-order chi connectivity index (χ1) is 14.3. The van der Waals surface area contributed by atoms with E-state index in [-0.39, 0.29) is 11.6 Å². The normalized spacial score (nSPS) is 16.8. The van der Waals surface area contributed by atoms with Crippen LogP contribution in [-0.4, -0.2) is 37.8 Å². The summed E-state index contributed by atoms with van der Waals surface area (Å²) in [6.07, 6.45) is 0.707. The van der Waals surface area contributed by atoms with Crippen LogP contribution in [0.15, 0.2) is 30.6 Å². The van der Waals surface area contributed by atoms with Crippen molar-refractivity contribution in [3.63, 3.8) is 0 Å². The number of piperidine rings is 1. The average Bonchev–Trinajstić information content (AvgIpc) is 2.74. The van der Waals surface area contributed by atoms with E-state index in [0.29, 0.717) is 24.5 Å². The molecule has 0 N–H and O–H groups in total. The van der Waals surface area contributed by atoms with Gasteiger partial charge in [0.1, 0.15) is 5.75 Å². The molecule has 8 heteroatoms. The van der Waals surface area contributed by atoms with E-state index in [2.05, 4.69) is 9.88 Å². The van der Waals surface area contributed by atoms with Gasteiger partial charge in [-0.15, -0.1) is 0 Å². The van der Waals surface area contributed by atoms with Gasteiger partial charge in [0.15, 0.2) is 0 Å². The number of methoxy groups -OCH3 is 1. The van der Waals surface area contributed by atoms with Crippen LogP contribution < -0.4 is 14.5 Å². The van der Waals surface area contributed by atoms with Gasteiger partial charge in [-0.1, -0.05) is 0 Å². The molecule has 3 rings (SSSR count). The third-order valence-corrected chi connectivity index (χ3v) is 5.64. The minimum absolute atomic E-state index is 0.0448. The Morgan fingerprint density at radius 2 is 2.10 bits per heavy atom. The van der Waals surface area contributed by atoms with Gasteiger partial charge in [-0.3, -0.25) is 4.98 Å². The van der Waals surface area contributed by atoms with Gasteiger partial charge in [0.2, 0.25) is 0 Å². The number of likely N-dealkylation sites (N-methyl/N-ethyl adjacent to an activating group) is 1. The van der Waals surface area contributed by atoms with Gasteiger partial charge in [0.25, 0.3) is 0 Å². The maximum atomic E-state index is 13.4. The SMILES string of the molecule is CCN(c1ccc(C#N)c(C(F)(F)F)c1)[C@@H]1CCCN(c2cncc(OC)c2C)C1. The molecule has 160 valence electrons. The minimum Gasteiger partial charge on any atom is -0.495 e. The lowest BCUT2D eigenvalue weighted by Gasteiger charge is -2.41. The molecule has 0 aliphatic carbocycles. The lowest BCUT2D eigenvalue weighted by atomic mass is 10.0. The molecule has 1 aromatic heterocycles. The highest BCUT2D eigenvalue weighted by Gasteiger charge is 2.35. The number of hydrogen-bond donors (Lipinski definition) is 0. The molecule has 30 heavy (non-hydrogen) atoms. The second-order valence-electron chi connectivity index (χ2n) is 7.35. The Balaban J connectivity index is 1.90. The van der Waals surface area contributed by atoms with Gasteiger partial charge >= 0.3 is 6.18 Å². The fourth-order valence-electron chi connectivity index (χ4n) is 4.14. The van der Waals surface area contributed by atoms with E-state index in [4.69, 9.17) is 10.00 Å². The van der Waals surface area contributed by atoms with Crippen LogP contribution in [0, 0.1) is 18.3 Å². The number of aromatic nitrogens is 1. The molecule has 0 bridgehead atoms. The number of rotatable bonds is 5. The minimum atomic E-state index is -4.57. The van der Waals surface area contributed by atoms with Crippen LogP contribution in [-0.2, 0) is 6.18 Å². The van der Waals surface area contributed by atoms with Gasteiger partial charge < -0.3 is 14.5 Å². The first kappa shape index (κ1) is 21.8. The Morgan fingerprint density at radius 3 is 2.73 bits per heavy atom. The highest BCUT2D eigenvalue weighted by Crippen LogP contribution is 2.36. The zero-order valence-corrected chi connectivity index (χ0v) is 17.3. The molecule has 1 aliphatic rings. The van der Waals surface area contributed by atoms with E-state index in [9.17, 15) is 13.2 Å². The van der Waals surface area contributed by atoms with Crippen LogP contribution in [0.3, 0.4) is 0 Å². The van der Waals surface area contributed by atoms with E-state index in [1.165, 1.54) is 6.07 Å². The second-order valence-corrected chi connectivity index (χ2v) is 7.35. The molecule has 1 atom stereocenters. The molecular formula is C22H25F3N4O. The molecule has 2 heterocycles. The molecule has 0 amide bonds. The van der Waals surface area contributed by atoms with Crippen molar-refractivity contribution in [2.75, 3.05) is 36.5 Å². The lowest BCUT2D eigenvalue weighted by Crippen LogP contribution is -2.48. The molecule has 5 nitrogen and oxygen atoms in total. The largest absolute Gasteiger partial charge is 0.495 e. The van der Waals surface area contributed by atoms with Gasteiger partial charge in [-0.05, 0) is 44.9 Å². The molecular weight excluding hydrogens is 393 g/mol. The van der Waals surface area contributed by atoms with Crippen molar-refractivity contribution in [1.82, 2.24) is 4.98 Å². The summed E-state index contributed by atoms with van der Waals surface area (Å²) in [5.41, 5.74) is 1.21. The van der Waals surface area contributed by atoms with E-state index in [1.54, 1.807) is 31.6 Å². The molecule has 2 aromatic rings. The third-order valence-electron chi connectivity index (χ3n) is 5.64. The lowest BCUT2D eigenvalue weighted by molar-refractivity contribution is -0.137. The van der Waals surface area contributed by atoms with Gasteiger partial charge in [0, 0.05) is 36.9 Å². The predicted molar refractivity (Wildman–Crippen MR) is 110 cm³/mol. The van der Waals surface area contributed by atoms with Gasteiger partial charge in [-0.2, -0.15) is 18.4 Å². The number of anilines is 2. The first-order valence-electron chi connectivity index (χ1n) is 9.91. The Labute approximate surface area is 174 Å². The second kappa shape index (κ2) is 8.82. The number of pyridine rings is 1. The molecule has 1 saturated heterocycles. The van der Waals surface area contributed by atoms with Crippen LogP contribution in [0.4, 0.5) is 24.5 Å². The topological polar surface area (TPSA) is 52.4 Å². The number of nitrogens with zero attached hydrogens (tertiary/aromatic N) is 4. The van der Waals surface area contributed by atoms with E-state index in [1.807, 2.05) is 18.7 Å². The number of ether oxygens (including phenoxy) is 1. The summed E-state index contributed by atoms with van der Waals surface area (Å²) < 4.78 is 45.7. The first-order valence-corrected chi connectivity index (χ1v) is 9.91. The fraction of sp³-hybridized carbons (Fsp3) is 0.455. The highest BCUT2D eigenvalue weighted by molar-refractivity contribution is 5.59. The molecule has 0 unspecified atom stereocenters. The number of alkyl halides is 3. The summed E-state index contributed by atoms with van der Waals surface area (Å²) in [5, 5.41) is 9.06. The monoisotopic (exact) mass is 418 g/mol. The average molecular weight is 418 g/mol. The van der Waals surface area contributed by atoms with Crippen molar-refractivity contribution in [3.05, 3.63) is 47.3 Å². The number of hydrogen-bond acceptors (Lipinski definition) is 5. The molecule has 1 aliphatic heterocycles. The quantitative estimate of drug-likeness (QED) is 0.699. The molecule has 1 fully saturated rings. The molecule has 1 aromatic carbocycles. The van der Waals surface area contributed by atoms with E-state index < -0.39 is 11.7 Å². The number of halogens is 3.